The third-order valence-electron chi connectivity index (χ3n) is 0.950. The monoisotopic (exact) mass is 97.1 g/mol. The van der Waals surface area contributed by atoms with Crippen LogP contribution in [-0.4, -0.2) is 18.6 Å². The zero-order valence-electron chi connectivity index (χ0n) is 4.68. The van der Waals surface area contributed by atoms with Crippen LogP contribution in [0.5, 0.6) is 0 Å². The van der Waals surface area contributed by atoms with Gasteiger partial charge in [-0.15, -0.1) is 0 Å². The molecule has 1 heterocycles. The molecule has 0 saturated heterocycles. The fourth-order valence-electron chi connectivity index (χ4n) is 0.624. The van der Waals surface area contributed by atoms with Crippen molar-refractivity contribution >= 4 is 0 Å². The summed E-state index contributed by atoms with van der Waals surface area (Å²) in [4.78, 5) is 2.05. The summed E-state index contributed by atoms with van der Waals surface area (Å²) in [7, 11) is 2.01. The van der Waals surface area contributed by atoms with Crippen LogP contribution in [0.15, 0.2) is 11.9 Å². The van der Waals surface area contributed by atoms with Crippen LogP contribution in [0.25, 0.3) is 0 Å². The van der Waals surface area contributed by atoms with E-state index in [4.69, 9.17) is 0 Å². The lowest BCUT2D eigenvalue weighted by atomic mass is 10.6. The molecule has 2 heteroatoms. The van der Waals surface area contributed by atoms with Gasteiger partial charge in [0.1, 0.15) is 6.67 Å². The van der Waals surface area contributed by atoms with Gasteiger partial charge in [-0.2, -0.15) is 0 Å². The van der Waals surface area contributed by atoms with Gasteiger partial charge < -0.3 is 4.90 Å². The van der Waals surface area contributed by atoms with Gasteiger partial charge in [-0.05, 0) is 6.92 Å². The van der Waals surface area contributed by atoms with Crippen molar-refractivity contribution in [3.63, 3.8) is 0 Å². The van der Waals surface area contributed by atoms with Crippen molar-refractivity contribution in [2.45, 2.75) is 6.92 Å². The largest absolute Gasteiger partial charge is 0.360 e. The Bertz CT molecular complexity index is 96.3. The van der Waals surface area contributed by atoms with E-state index in [1.807, 2.05) is 20.2 Å². The minimum absolute atomic E-state index is 0.839. The van der Waals surface area contributed by atoms with Crippen LogP contribution < -0.4 is 5.32 Å². The summed E-state index contributed by atoms with van der Waals surface area (Å²) in [5.41, 5.74) is 1.13. The molecule has 0 N–H and O–H groups in total. The molecule has 0 aromatic rings. The average molecular weight is 97.1 g/mol. The fraction of sp³-hybridized carbons (Fsp3) is 0.600. The minimum Gasteiger partial charge on any atom is -0.360 e. The second-order valence-electron chi connectivity index (χ2n) is 1.83. The highest BCUT2D eigenvalue weighted by Gasteiger charge is 2.01. The molecule has 0 atom stereocenters. The second kappa shape index (κ2) is 1.45. The van der Waals surface area contributed by atoms with E-state index in [0.717, 1.165) is 12.4 Å². The van der Waals surface area contributed by atoms with Crippen LogP contribution >= 0.6 is 0 Å². The van der Waals surface area contributed by atoms with Crippen LogP contribution in [0.4, 0.5) is 0 Å². The minimum atomic E-state index is 0.839. The first kappa shape index (κ1) is 4.50. The maximum atomic E-state index is 4.10. The molecular weight excluding hydrogens is 88.1 g/mol. The number of hydrogen-bond acceptors (Lipinski definition) is 1. The van der Waals surface area contributed by atoms with E-state index in [-0.39, 0.29) is 0 Å². The molecule has 7 heavy (non-hydrogen) atoms. The Morgan fingerprint density at radius 2 is 2.57 bits per heavy atom. The Morgan fingerprint density at radius 1 is 1.86 bits per heavy atom. The molecule has 0 amide bonds. The Hall–Kier alpha value is -0.660. The number of nitrogens with zero attached hydrogens (tertiary/aromatic N) is 2. The van der Waals surface area contributed by atoms with Crippen molar-refractivity contribution < 1.29 is 0 Å². The molecule has 0 aromatic heterocycles. The van der Waals surface area contributed by atoms with E-state index >= 15 is 0 Å². The highest BCUT2D eigenvalue weighted by Crippen LogP contribution is 1.99. The molecule has 0 spiro atoms. The lowest BCUT2D eigenvalue weighted by molar-refractivity contribution is 0.470. The second-order valence-corrected chi connectivity index (χ2v) is 1.83. The van der Waals surface area contributed by atoms with Crippen molar-refractivity contribution in [3.8, 4) is 0 Å². The highest BCUT2D eigenvalue weighted by molar-refractivity contribution is 4.98. The van der Waals surface area contributed by atoms with Gasteiger partial charge in [-0.3, -0.25) is 5.32 Å². The van der Waals surface area contributed by atoms with E-state index in [1.165, 1.54) is 0 Å². The van der Waals surface area contributed by atoms with E-state index < -0.39 is 0 Å². The van der Waals surface area contributed by atoms with E-state index in [9.17, 15) is 0 Å². The Balaban J connectivity index is 2.50. The molecule has 0 aromatic carbocycles. The molecule has 0 fully saturated rings. The normalized spacial score (nSPS) is 19.1. The number of hydrogen-bond donors (Lipinski definition) is 0. The van der Waals surface area contributed by atoms with Crippen LogP contribution in [0.3, 0.4) is 0 Å². The third kappa shape index (κ3) is 0.856. The predicted octanol–water partition coefficient (Wildman–Crippen LogP) is 0.355. The van der Waals surface area contributed by atoms with Gasteiger partial charge in [-0.25, -0.2) is 0 Å². The molecule has 1 aliphatic rings. The molecule has 2 nitrogen and oxygen atoms in total. The van der Waals surface area contributed by atoms with Crippen molar-refractivity contribution in [1.29, 1.82) is 0 Å². The summed E-state index contributed by atoms with van der Waals surface area (Å²) >= 11 is 0. The van der Waals surface area contributed by atoms with E-state index in [1.54, 1.807) is 0 Å². The van der Waals surface area contributed by atoms with Crippen LogP contribution in [-0.2, 0) is 0 Å². The Morgan fingerprint density at radius 3 is 2.71 bits per heavy atom. The quantitative estimate of drug-likeness (QED) is 0.426. The molecule has 39 valence electrons. The Labute approximate surface area is 43.8 Å². The lowest BCUT2D eigenvalue weighted by Gasteiger charge is -2.00. The molecule has 0 bridgehead atoms. The van der Waals surface area contributed by atoms with Crippen molar-refractivity contribution in [2.75, 3.05) is 13.7 Å². The van der Waals surface area contributed by atoms with Gasteiger partial charge in [0, 0.05) is 18.9 Å². The molecule has 1 radical (unpaired) electrons. The average Bonchev–Trinajstić information content (AvgIpc) is 1.87. The van der Waals surface area contributed by atoms with E-state index in [2.05, 4.69) is 10.2 Å². The highest BCUT2D eigenvalue weighted by atomic mass is 15.2. The van der Waals surface area contributed by atoms with Gasteiger partial charge in [-0.1, -0.05) is 0 Å². The van der Waals surface area contributed by atoms with Crippen LogP contribution in [0, 0.1) is 0 Å². The molecule has 0 aliphatic carbocycles. The topological polar surface area (TPSA) is 17.3 Å². The van der Waals surface area contributed by atoms with Gasteiger partial charge in [0.05, 0.1) is 0 Å². The van der Waals surface area contributed by atoms with Crippen molar-refractivity contribution in [3.05, 3.63) is 11.9 Å². The molecule has 0 saturated carbocycles. The van der Waals surface area contributed by atoms with Gasteiger partial charge in [0.25, 0.3) is 0 Å². The summed E-state index contributed by atoms with van der Waals surface area (Å²) < 4.78 is 0. The van der Waals surface area contributed by atoms with Crippen molar-refractivity contribution in [1.82, 2.24) is 10.2 Å². The first-order valence-electron chi connectivity index (χ1n) is 2.35. The van der Waals surface area contributed by atoms with Crippen molar-refractivity contribution in [2.24, 2.45) is 0 Å². The maximum Gasteiger partial charge on any atom is 0.109 e. The molecule has 0 unspecified atom stereocenters. The Kier molecular flexibility index (Phi) is 0.929. The zero-order valence-corrected chi connectivity index (χ0v) is 4.68. The van der Waals surface area contributed by atoms with Gasteiger partial charge >= 0.3 is 0 Å². The SMILES string of the molecule is CC1=CN(C)C[N]1. The standard InChI is InChI=1S/C5H9N2/c1-5-3-7(2)4-6-5/h3H,4H2,1-2H3. The molecular formula is C5H9N2. The molecule has 1 aliphatic heterocycles. The van der Waals surface area contributed by atoms with Gasteiger partial charge in [0.2, 0.25) is 0 Å². The summed E-state index contributed by atoms with van der Waals surface area (Å²) in [5.74, 6) is 0. The molecule has 1 rings (SSSR count). The summed E-state index contributed by atoms with van der Waals surface area (Å²) in [5, 5.41) is 4.10. The first-order chi connectivity index (χ1) is 3.29. The van der Waals surface area contributed by atoms with Crippen LogP contribution in [0.1, 0.15) is 6.92 Å². The van der Waals surface area contributed by atoms with E-state index in [0.29, 0.717) is 0 Å². The predicted molar refractivity (Wildman–Crippen MR) is 28.5 cm³/mol. The zero-order chi connectivity index (χ0) is 5.28. The van der Waals surface area contributed by atoms with Crippen LogP contribution in [0.2, 0.25) is 0 Å². The van der Waals surface area contributed by atoms with Gasteiger partial charge in [0.15, 0.2) is 0 Å². The number of rotatable bonds is 0. The smallest absolute Gasteiger partial charge is 0.109 e. The lowest BCUT2D eigenvalue weighted by Crippen LogP contribution is -2.10. The third-order valence-corrected chi connectivity index (χ3v) is 0.950. The maximum absolute atomic E-state index is 4.10. The first-order valence-corrected chi connectivity index (χ1v) is 2.35. The summed E-state index contributed by atoms with van der Waals surface area (Å²) in [6.45, 7) is 2.84. The number of allylic oxidation sites excluding steroid dienone is 1. The fourth-order valence-corrected chi connectivity index (χ4v) is 0.624. The summed E-state index contributed by atoms with van der Waals surface area (Å²) in [6, 6.07) is 0. The summed E-state index contributed by atoms with van der Waals surface area (Å²) in [6.07, 6.45) is 2.03.